The number of rotatable bonds is 4. The molecule has 0 radical (unpaired) electrons. The fraction of sp³-hybridized carbons (Fsp3) is 0.0909. The maximum Gasteiger partial charge on any atom is 0.113 e. The maximum absolute atomic E-state index is 2.51. The Morgan fingerprint density at radius 1 is 0.362 bits per heavy atom. The molecule has 0 aromatic heterocycles. The highest BCUT2D eigenvalue weighted by molar-refractivity contribution is 7.04. The van der Waals surface area contributed by atoms with Crippen LogP contribution >= 0.6 is 0 Å². The van der Waals surface area contributed by atoms with Crippen LogP contribution in [-0.4, -0.2) is 16.1 Å². The lowest BCUT2D eigenvalue weighted by Gasteiger charge is -2.29. The molecule has 0 N–H and O–H groups in total. The van der Waals surface area contributed by atoms with E-state index in [1.807, 2.05) is 0 Å². The average Bonchev–Trinajstić information content (AvgIpc) is 3.48. The summed E-state index contributed by atoms with van der Waals surface area (Å²) in [4.78, 5) is 2.49. The van der Waals surface area contributed by atoms with E-state index >= 15 is 0 Å². The fourth-order valence-corrected chi connectivity index (χ4v) is 14.6. The van der Waals surface area contributed by atoms with Gasteiger partial charge < -0.3 is 4.90 Å². The van der Waals surface area contributed by atoms with Crippen molar-refractivity contribution in [2.24, 2.45) is 0 Å². The van der Waals surface area contributed by atoms with Gasteiger partial charge in [-0.15, -0.1) is 0 Å². The van der Waals surface area contributed by atoms with Gasteiger partial charge in [-0.25, -0.2) is 0 Å². The predicted octanol–water partition coefficient (Wildman–Crippen LogP) is 9.58. The smallest absolute Gasteiger partial charge is 0.113 e. The Hall–Kier alpha value is -4.97. The zero-order valence-electron chi connectivity index (χ0n) is 27.4. The lowest BCUT2D eigenvalue weighted by atomic mass is 9.98. The van der Waals surface area contributed by atoms with Gasteiger partial charge in [0.2, 0.25) is 0 Å². The summed E-state index contributed by atoms with van der Waals surface area (Å²) in [5.41, 5.74) is 11.8. The Morgan fingerprint density at radius 3 is 1.40 bits per heavy atom. The molecule has 2 aliphatic rings. The Morgan fingerprint density at radius 2 is 0.809 bits per heavy atom. The zero-order chi connectivity index (χ0) is 31.9. The van der Waals surface area contributed by atoms with Crippen LogP contribution in [0.2, 0.25) is 26.2 Å². The second-order valence-electron chi connectivity index (χ2n) is 14.2. The van der Waals surface area contributed by atoms with Gasteiger partial charge in [-0.3, -0.25) is 0 Å². The SMILES string of the molecule is C[Si]1(C)c2ccccc2-c2ccc(N(c3ccc(-c4cccc5ccccc45)cc3)c3ccc4c(c3)[Si](C)(C)c3ccccc3-4)cc21. The van der Waals surface area contributed by atoms with E-state index in [0.717, 1.165) is 0 Å². The molecule has 2 heterocycles. The van der Waals surface area contributed by atoms with Crippen molar-refractivity contribution in [1.82, 2.24) is 0 Å². The van der Waals surface area contributed by atoms with Crippen molar-refractivity contribution in [3.05, 3.63) is 152 Å². The molecule has 7 aromatic rings. The Bertz CT molecular complexity index is 2250. The van der Waals surface area contributed by atoms with Crippen molar-refractivity contribution in [2.45, 2.75) is 26.2 Å². The first-order valence-corrected chi connectivity index (χ1v) is 22.7. The van der Waals surface area contributed by atoms with Crippen LogP contribution in [0, 0.1) is 0 Å². The zero-order valence-corrected chi connectivity index (χ0v) is 29.4. The van der Waals surface area contributed by atoms with Gasteiger partial charge in [0.1, 0.15) is 16.1 Å². The molecule has 47 heavy (non-hydrogen) atoms. The van der Waals surface area contributed by atoms with Gasteiger partial charge >= 0.3 is 0 Å². The topological polar surface area (TPSA) is 3.24 Å². The van der Waals surface area contributed by atoms with Crippen LogP contribution in [0.15, 0.2) is 152 Å². The summed E-state index contributed by atoms with van der Waals surface area (Å²) in [5, 5.41) is 8.69. The number of hydrogen-bond acceptors (Lipinski definition) is 1. The first-order chi connectivity index (χ1) is 22.8. The third kappa shape index (κ3) is 4.20. The molecular weight excluding hydrogens is 599 g/mol. The van der Waals surface area contributed by atoms with Crippen LogP contribution < -0.4 is 25.6 Å². The van der Waals surface area contributed by atoms with E-state index in [2.05, 4.69) is 183 Å². The van der Waals surface area contributed by atoms with Crippen LogP contribution in [-0.2, 0) is 0 Å². The first kappa shape index (κ1) is 28.3. The van der Waals surface area contributed by atoms with Gasteiger partial charge in [-0.2, -0.15) is 0 Å². The van der Waals surface area contributed by atoms with Crippen LogP contribution in [0.3, 0.4) is 0 Å². The largest absolute Gasteiger partial charge is 0.311 e. The van der Waals surface area contributed by atoms with Gasteiger partial charge in [0.15, 0.2) is 0 Å². The van der Waals surface area contributed by atoms with Crippen molar-refractivity contribution < 1.29 is 0 Å². The molecule has 2 aliphatic heterocycles. The molecule has 0 unspecified atom stereocenters. The highest BCUT2D eigenvalue weighted by Crippen LogP contribution is 2.40. The number of nitrogens with zero attached hydrogens (tertiary/aromatic N) is 1. The molecule has 7 aromatic carbocycles. The fourth-order valence-electron chi connectivity index (χ4n) is 8.38. The first-order valence-electron chi connectivity index (χ1n) is 16.7. The van der Waals surface area contributed by atoms with E-state index in [0.29, 0.717) is 0 Å². The number of benzene rings is 7. The van der Waals surface area contributed by atoms with Gasteiger partial charge in [-0.05, 0) is 101 Å². The molecule has 0 spiro atoms. The number of anilines is 3. The Labute approximate surface area is 279 Å². The molecule has 0 aliphatic carbocycles. The summed E-state index contributed by atoms with van der Waals surface area (Å²) in [7, 11) is -3.68. The molecule has 0 fully saturated rings. The molecule has 9 rings (SSSR count). The molecule has 0 saturated carbocycles. The van der Waals surface area contributed by atoms with Crippen LogP contribution in [0.5, 0.6) is 0 Å². The van der Waals surface area contributed by atoms with E-state index in [9.17, 15) is 0 Å². The minimum absolute atomic E-state index is 1.18. The van der Waals surface area contributed by atoms with Gasteiger partial charge in [-0.1, -0.05) is 141 Å². The molecule has 0 amide bonds. The van der Waals surface area contributed by atoms with Gasteiger partial charge in [0.25, 0.3) is 0 Å². The molecule has 0 saturated heterocycles. The standard InChI is InChI=1S/C44H37NSi2/c1-46(2)41-18-9-7-15-37(41)39-26-24-33(28-43(39)46)45(34-25-27-40-38-16-8-10-19-42(38)47(3,4)44(40)29-34)32-22-20-31(21-23-32)36-17-11-13-30-12-5-6-14-35(30)36/h5-29H,1-4H3. The van der Waals surface area contributed by atoms with E-state index in [1.54, 1.807) is 10.4 Å². The summed E-state index contributed by atoms with van der Waals surface area (Å²) >= 11 is 0. The minimum Gasteiger partial charge on any atom is -0.311 e. The average molecular weight is 636 g/mol. The van der Waals surface area contributed by atoms with E-state index in [-0.39, 0.29) is 0 Å². The quantitative estimate of drug-likeness (QED) is 0.174. The minimum atomic E-state index is -1.84. The lowest BCUT2D eigenvalue weighted by molar-refractivity contribution is 1.29. The highest BCUT2D eigenvalue weighted by atomic mass is 28.3. The normalized spacial score (nSPS) is 14.7. The lowest BCUT2D eigenvalue weighted by Crippen LogP contribution is -2.49. The second kappa shape index (κ2) is 10.3. The van der Waals surface area contributed by atoms with Gasteiger partial charge in [0, 0.05) is 17.1 Å². The Kier molecular flexibility index (Phi) is 6.18. The summed E-state index contributed by atoms with van der Waals surface area (Å²) in [6, 6.07) is 57.1. The van der Waals surface area contributed by atoms with Crippen molar-refractivity contribution in [1.29, 1.82) is 0 Å². The van der Waals surface area contributed by atoms with Gasteiger partial charge in [0.05, 0.1) is 0 Å². The van der Waals surface area contributed by atoms with Crippen LogP contribution in [0.25, 0.3) is 44.2 Å². The maximum atomic E-state index is 2.51. The van der Waals surface area contributed by atoms with Crippen molar-refractivity contribution >= 4 is 64.7 Å². The van der Waals surface area contributed by atoms with E-state index in [1.165, 1.54) is 71.6 Å². The molecule has 1 nitrogen and oxygen atoms in total. The highest BCUT2D eigenvalue weighted by Gasteiger charge is 2.39. The van der Waals surface area contributed by atoms with Crippen molar-refractivity contribution in [2.75, 3.05) is 4.90 Å². The molecule has 226 valence electrons. The third-order valence-electron chi connectivity index (χ3n) is 10.9. The second-order valence-corrected chi connectivity index (χ2v) is 22.9. The summed E-state index contributed by atoms with van der Waals surface area (Å²) in [6.45, 7) is 10.0. The van der Waals surface area contributed by atoms with Crippen molar-refractivity contribution in [3.8, 4) is 33.4 Å². The molecule has 3 heteroatoms. The number of fused-ring (bicyclic) bond motifs is 7. The molecule has 0 atom stereocenters. The molecular formula is C44H37NSi2. The number of hydrogen-bond donors (Lipinski definition) is 0. The van der Waals surface area contributed by atoms with E-state index in [4.69, 9.17) is 0 Å². The molecule has 0 bridgehead atoms. The monoisotopic (exact) mass is 635 g/mol. The summed E-state index contributed by atoms with van der Waals surface area (Å²) in [6.07, 6.45) is 0. The summed E-state index contributed by atoms with van der Waals surface area (Å²) in [5.74, 6) is 0. The van der Waals surface area contributed by atoms with Crippen LogP contribution in [0.1, 0.15) is 0 Å². The predicted molar refractivity (Wildman–Crippen MR) is 208 cm³/mol. The van der Waals surface area contributed by atoms with Crippen LogP contribution in [0.4, 0.5) is 17.1 Å². The summed E-state index contributed by atoms with van der Waals surface area (Å²) < 4.78 is 0. The Balaban J connectivity index is 1.21. The third-order valence-corrected chi connectivity index (χ3v) is 18.0. The van der Waals surface area contributed by atoms with E-state index < -0.39 is 16.1 Å². The van der Waals surface area contributed by atoms with Crippen molar-refractivity contribution in [3.63, 3.8) is 0 Å².